The van der Waals surface area contributed by atoms with E-state index in [1.165, 1.54) is 4.90 Å². The molecule has 0 aliphatic carbocycles. The number of ether oxygens (including phenoxy) is 1. The number of esters is 1. The number of hydrogen-bond acceptors (Lipinski definition) is 4. The van der Waals surface area contributed by atoms with Crippen molar-refractivity contribution in [3.63, 3.8) is 0 Å². The lowest BCUT2D eigenvalue weighted by Crippen LogP contribution is -2.37. The molecule has 21 heavy (non-hydrogen) atoms. The average Bonchev–Trinajstić information content (AvgIpc) is 2.88. The van der Waals surface area contributed by atoms with Gasteiger partial charge in [0, 0.05) is 13.1 Å². The number of aryl methyl sites for hydroxylation is 1. The lowest BCUT2D eigenvalue weighted by Gasteiger charge is -2.19. The number of hydrogen-bond donors (Lipinski definition) is 0. The Morgan fingerprint density at radius 1 is 1.33 bits per heavy atom. The van der Waals surface area contributed by atoms with E-state index in [0.29, 0.717) is 25.4 Å². The summed E-state index contributed by atoms with van der Waals surface area (Å²) in [5.41, 5.74) is 1.40. The third-order valence-corrected chi connectivity index (χ3v) is 3.20. The minimum absolute atomic E-state index is 0.0327. The Morgan fingerprint density at radius 3 is 2.48 bits per heavy atom. The predicted molar refractivity (Wildman–Crippen MR) is 80.2 cm³/mol. The maximum atomic E-state index is 12.6. The van der Waals surface area contributed by atoms with Gasteiger partial charge < -0.3 is 9.64 Å². The van der Waals surface area contributed by atoms with E-state index in [-0.39, 0.29) is 24.3 Å². The molecule has 118 valence electrons. The van der Waals surface area contributed by atoms with Gasteiger partial charge in [-0.25, -0.2) is 0 Å². The van der Waals surface area contributed by atoms with Gasteiger partial charge in [-0.2, -0.15) is 5.10 Å². The molecule has 0 saturated heterocycles. The molecule has 1 aromatic rings. The molecule has 1 aromatic heterocycles. The molecule has 0 spiro atoms. The minimum Gasteiger partial charge on any atom is -0.465 e. The molecule has 1 heterocycles. The summed E-state index contributed by atoms with van der Waals surface area (Å²) in [5, 5.41) is 4.43. The van der Waals surface area contributed by atoms with Crippen molar-refractivity contribution in [1.29, 1.82) is 0 Å². The van der Waals surface area contributed by atoms with Gasteiger partial charge in [-0.15, -0.1) is 0 Å². The Morgan fingerprint density at radius 2 is 2.00 bits per heavy atom. The van der Waals surface area contributed by atoms with Gasteiger partial charge in [0.15, 0.2) is 0 Å². The van der Waals surface area contributed by atoms with Gasteiger partial charge in [0.1, 0.15) is 12.2 Å². The van der Waals surface area contributed by atoms with Crippen molar-refractivity contribution in [2.24, 2.45) is 0 Å². The van der Waals surface area contributed by atoms with E-state index in [0.717, 1.165) is 5.69 Å². The van der Waals surface area contributed by atoms with Gasteiger partial charge >= 0.3 is 5.97 Å². The lowest BCUT2D eigenvalue weighted by molar-refractivity contribution is -0.143. The number of carbonyl (C=O) groups excluding carboxylic acids is 2. The molecule has 0 aromatic carbocycles. The Hall–Kier alpha value is -1.85. The molecule has 0 bridgehead atoms. The summed E-state index contributed by atoms with van der Waals surface area (Å²) in [4.78, 5) is 25.6. The maximum Gasteiger partial charge on any atom is 0.325 e. The van der Waals surface area contributed by atoms with Crippen LogP contribution in [-0.2, 0) is 16.1 Å². The van der Waals surface area contributed by atoms with Crippen LogP contribution in [0, 0.1) is 0 Å². The SMILES string of the molecule is CCOC(=O)CN(CC)C(=O)c1cc(C(C)C)nn1CC. The van der Waals surface area contributed by atoms with Gasteiger partial charge in [0.25, 0.3) is 5.91 Å². The standard InChI is InChI=1S/C15H25N3O3/c1-6-17(10-14(19)21-8-3)15(20)13-9-12(11(4)5)16-18(13)7-2/h9,11H,6-8,10H2,1-5H3. The van der Waals surface area contributed by atoms with Gasteiger partial charge in [0.2, 0.25) is 0 Å². The van der Waals surface area contributed by atoms with Crippen LogP contribution in [-0.4, -0.2) is 46.3 Å². The molecule has 1 rings (SSSR count). The zero-order valence-electron chi connectivity index (χ0n) is 13.5. The summed E-state index contributed by atoms with van der Waals surface area (Å²) in [6, 6.07) is 1.81. The summed E-state index contributed by atoms with van der Waals surface area (Å²) in [6.45, 7) is 10.9. The summed E-state index contributed by atoms with van der Waals surface area (Å²) in [7, 11) is 0. The van der Waals surface area contributed by atoms with Crippen LogP contribution >= 0.6 is 0 Å². The smallest absolute Gasteiger partial charge is 0.325 e. The highest BCUT2D eigenvalue weighted by molar-refractivity contribution is 5.94. The molecule has 0 aliphatic heterocycles. The maximum absolute atomic E-state index is 12.6. The fourth-order valence-electron chi connectivity index (χ4n) is 1.98. The van der Waals surface area contributed by atoms with Crippen LogP contribution in [0.2, 0.25) is 0 Å². The average molecular weight is 295 g/mol. The van der Waals surface area contributed by atoms with Crippen molar-refractivity contribution >= 4 is 11.9 Å². The fraction of sp³-hybridized carbons (Fsp3) is 0.667. The topological polar surface area (TPSA) is 64.4 Å². The number of amides is 1. The first-order chi connectivity index (χ1) is 9.94. The first kappa shape index (κ1) is 17.2. The van der Waals surface area contributed by atoms with E-state index in [9.17, 15) is 9.59 Å². The van der Waals surface area contributed by atoms with E-state index in [4.69, 9.17) is 4.74 Å². The number of rotatable bonds is 7. The zero-order valence-corrected chi connectivity index (χ0v) is 13.5. The molecule has 0 saturated carbocycles. The normalized spacial score (nSPS) is 10.8. The van der Waals surface area contributed by atoms with Crippen molar-refractivity contribution < 1.29 is 14.3 Å². The molecule has 0 unspecified atom stereocenters. The summed E-state index contributed by atoms with van der Waals surface area (Å²) < 4.78 is 6.59. The molecule has 0 aliphatic rings. The van der Waals surface area contributed by atoms with E-state index >= 15 is 0 Å². The van der Waals surface area contributed by atoms with Crippen molar-refractivity contribution in [2.45, 2.75) is 47.1 Å². The third-order valence-electron chi connectivity index (χ3n) is 3.20. The number of aromatic nitrogens is 2. The number of carbonyl (C=O) groups is 2. The highest BCUT2D eigenvalue weighted by Crippen LogP contribution is 2.16. The minimum atomic E-state index is -0.389. The van der Waals surface area contributed by atoms with Crippen molar-refractivity contribution in [3.05, 3.63) is 17.5 Å². The van der Waals surface area contributed by atoms with E-state index < -0.39 is 0 Å². The molecular formula is C15H25N3O3. The molecule has 1 amide bonds. The lowest BCUT2D eigenvalue weighted by atomic mass is 10.1. The highest BCUT2D eigenvalue weighted by Gasteiger charge is 2.23. The first-order valence-corrected chi connectivity index (χ1v) is 7.47. The Balaban J connectivity index is 2.96. The second-order valence-corrected chi connectivity index (χ2v) is 5.05. The fourth-order valence-corrected chi connectivity index (χ4v) is 1.98. The zero-order chi connectivity index (χ0) is 16.0. The van der Waals surface area contributed by atoms with Gasteiger partial charge in [-0.3, -0.25) is 14.3 Å². The molecule has 0 N–H and O–H groups in total. The van der Waals surface area contributed by atoms with E-state index in [2.05, 4.69) is 5.10 Å². The Labute approximate surface area is 126 Å². The van der Waals surface area contributed by atoms with Crippen LogP contribution in [0.3, 0.4) is 0 Å². The monoisotopic (exact) mass is 295 g/mol. The van der Waals surface area contributed by atoms with Crippen LogP contribution < -0.4 is 0 Å². The summed E-state index contributed by atoms with van der Waals surface area (Å²) in [5.74, 6) is -0.323. The van der Waals surface area contributed by atoms with Crippen molar-refractivity contribution in [2.75, 3.05) is 19.7 Å². The van der Waals surface area contributed by atoms with Crippen LogP contribution in [0.25, 0.3) is 0 Å². The van der Waals surface area contributed by atoms with Crippen molar-refractivity contribution in [1.82, 2.24) is 14.7 Å². The van der Waals surface area contributed by atoms with Crippen LogP contribution in [0.1, 0.15) is 56.7 Å². The number of likely N-dealkylation sites (N-methyl/N-ethyl adjacent to an activating group) is 1. The Kier molecular flexibility index (Phi) is 6.39. The largest absolute Gasteiger partial charge is 0.465 e. The van der Waals surface area contributed by atoms with Crippen LogP contribution in [0.15, 0.2) is 6.07 Å². The summed E-state index contributed by atoms with van der Waals surface area (Å²) in [6.07, 6.45) is 0. The van der Waals surface area contributed by atoms with E-state index in [1.807, 2.05) is 33.8 Å². The van der Waals surface area contributed by atoms with Gasteiger partial charge in [-0.1, -0.05) is 13.8 Å². The summed E-state index contributed by atoms with van der Waals surface area (Å²) >= 11 is 0. The molecule has 6 heteroatoms. The molecule has 0 fully saturated rings. The molecular weight excluding hydrogens is 270 g/mol. The number of nitrogens with zero attached hydrogens (tertiary/aromatic N) is 3. The van der Waals surface area contributed by atoms with E-state index in [1.54, 1.807) is 11.6 Å². The molecule has 0 radical (unpaired) electrons. The second kappa shape index (κ2) is 7.81. The first-order valence-electron chi connectivity index (χ1n) is 7.47. The van der Waals surface area contributed by atoms with Gasteiger partial charge in [-0.05, 0) is 32.8 Å². The molecule has 0 atom stereocenters. The molecule has 6 nitrogen and oxygen atoms in total. The van der Waals surface area contributed by atoms with Gasteiger partial charge in [0.05, 0.1) is 12.3 Å². The third kappa shape index (κ3) is 4.31. The highest BCUT2D eigenvalue weighted by atomic mass is 16.5. The quantitative estimate of drug-likeness (QED) is 0.722. The Bertz CT molecular complexity index is 494. The van der Waals surface area contributed by atoms with Crippen molar-refractivity contribution in [3.8, 4) is 0 Å². The second-order valence-electron chi connectivity index (χ2n) is 5.05. The van der Waals surface area contributed by atoms with Crippen LogP contribution in [0.5, 0.6) is 0 Å². The van der Waals surface area contributed by atoms with Crippen LogP contribution in [0.4, 0.5) is 0 Å². The predicted octanol–water partition coefficient (Wildman–Crippen LogP) is 2.05.